The zero-order valence-electron chi connectivity index (χ0n) is 10.7. The van der Waals surface area contributed by atoms with E-state index in [-0.39, 0.29) is 5.78 Å². The monoisotopic (exact) mass is 334 g/mol. The van der Waals surface area contributed by atoms with Gasteiger partial charge in [0, 0.05) is 21.4 Å². The van der Waals surface area contributed by atoms with E-state index in [2.05, 4.69) is 22.9 Å². The third kappa shape index (κ3) is 4.22. The Bertz CT molecular complexity index is 563. The Morgan fingerprint density at radius 3 is 2.53 bits per heavy atom. The number of carbonyl (C=O) groups excluding carboxylic acids is 1. The molecule has 0 spiro atoms. The van der Waals surface area contributed by atoms with Crippen molar-refractivity contribution >= 4 is 33.5 Å². The Morgan fingerprint density at radius 2 is 1.89 bits per heavy atom. The predicted molar refractivity (Wildman–Crippen MR) is 85.0 cm³/mol. The first-order valence-corrected chi connectivity index (χ1v) is 7.97. The van der Waals surface area contributed by atoms with Gasteiger partial charge in [0.15, 0.2) is 5.78 Å². The van der Waals surface area contributed by atoms with Crippen molar-refractivity contribution in [3.63, 3.8) is 0 Å². The first-order chi connectivity index (χ1) is 9.19. The molecule has 0 N–H and O–H groups in total. The van der Waals surface area contributed by atoms with E-state index in [9.17, 15) is 4.79 Å². The molecule has 0 heterocycles. The largest absolute Gasteiger partial charge is 0.294 e. The highest BCUT2D eigenvalue weighted by Gasteiger charge is 2.07. The topological polar surface area (TPSA) is 17.1 Å². The highest BCUT2D eigenvalue weighted by atomic mass is 79.9. The molecule has 0 fully saturated rings. The van der Waals surface area contributed by atoms with E-state index in [4.69, 9.17) is 0 Å². The van der Waals surface area contributed by atoms with Crippen molar-refractivity contribution in [1.29, 1.82) is 0 Å². The van der Waals surface area contributed by atoms with Crippen molar-refractivity contribution in [2.24, 2.45) is 0 Å². The van der Waals surface area contributed by atoms with Gasteiger partial charge >= 0.3 is 0 Å². The van der Waals surface area contributed by atoms with Crippen LogP contribution in [0.25, 0.3) is 0 Å². The molecule has 98 valence electrons. The molecular formula is C16H15BrOS. The van der Waals surface area contributed by atoms with Gasteiger partial charge in [-0.1, -0.05) is 47.1 Å². The molecule has 0 bridgehead atoms. The molecule has 0 aliphatic heterocycles. The fourth-order valence-electron chi connectivity index (χ4n) is 1.84. The quantitative estimate of drug-likeness (QED) is 0.566. The lowest BCUT2D eigenvalue weighted by molar-refractivity contribution is 0.0993. The fourth-order valence-corrected chi connectivity index (χ4v) is 2.95. The van der Waals surface area contributed by atoms with Gasteiger partial charge in [0.2, 0.25) is 0 Å². The van der Waals surface area contributed by atoms with Crippen LogP contribution in [0.2, 0.25) is 0 Å². The minimum atomic E-state index is 0.158. The number of rotatable bonds is 5. The van der Waals surface area contributed by atoms with Crippen LogP contribution in [-0.2, 0) is 6.42 Å². The van der Waals surface area contributed by atoms with Crippen molar-refractivity contribution in [3.05, 3.63) is 64.1 Å². The first-order valence-electron chi connectivity index (χ1n) is 6.19. The number of halogens is 1. The molecule has 0 amide bonds. The van der Waals surface area contributed by atoms with Crippen molar-refractivity contribution in [3.8, 4) is 0 Å². The molecule has 1 nitrogen and oxygen atoms in total. The summed E-state index contributed by atoms with van der Waals surface area (Å²) in [5.74, 6) is 1.21. The Balaban J connectivity index is 2.07. The second-order valence-corrected chi connectivity index (χ2v) is 6.44. The third-order valence-corrected chi connectivity index (χ3v) is 4.13. The zero-order chi connectivity index (χ0) is 13.7. The summed E-state index contributed by atoms with van der Waals surface area (Å²) in [6.07, 6.45) is 0.444. The second kappa shape index (κ2) is 6.92. The van der Waals surface area contributed by atoms with E-state index in [0.29, 0.717) is 6.42 Å². The van der Waals surface area contributed by atoms with Gasteiger partial charge in [-0.15, -0.1) is 11.8 Å². The van der Waals surface area contributed by atoms with Crippen LogP contribution in [0, 0.1) is 0 Å². The second-order valence-electron chi connectivity index (χ2n) is 4.19. The van der Waals surface area contributed by atoms with E-state index in [1.54, 1.807) is 11.8 Å². The van der Waals surface area contributed by atoms with E-state index >= 15 is 0 Å². The SMILES string of the molecule is CCSc1ccc(C(=O)Cc2cccc(Br)c2)cc1. The number of hydrogen-bond donors (Lipinski definition) is 0. The Kier molecular flexibility index (Phi) is 5.23. The van der Waals surface area contributed by atoms with Crippen LogP contribution in [0.5, 0.6) is 0 Å². The minimum Gasteiger partial charge on any atom is -0.294 e. The molecule has 2 aromatic carbocycles. The van der Waals surface area contributed by atoms with Gasteiger partial charge in [-0.2, -0.15) is 0 Å². The number of ketones is 1. The number of hydrogen-bond acceptors (Lipinski definition) is 2. The molecular weight excluding hydrogens is 320 g/mol. The van der Waals surface area contributed by atoms with Gasteiger partial charge in [0.25, 0.3) is 0 Å². The van der Waals surface area contributed by atoms with E-state index in [0.717, 1.165) is 21.4 Å². The molecule has 0 unspecified atom stereocenters. The minimum absolute atomic E-state index is 0.158. The maximum Gasteiger partial charge on any atom is 0.167 e. The number of thioether (sulfide) groups is 1. The molecule has 0 aromatic heterocycles. The van der Waals surface area contributed by atoms with Crippen LogP contribution in [0.4, 0.5) is 0 Å². The average molecular weight is 335 g/mol. The standard InChI is InChI=1S/C16H15BrOS/c1-2-19-15-8-6-13(7-9-15)16(18)11-12-4-3-5-14(17)10-12/h3-10H,2,11H2,1H3. The highest BCUT2D eigenvalue weighted by Crippen LogP contribution is 2.19. The normalized spacial score (nSPS) is 10.4. The Labute approximate surface area is 126 Å². The van der Waals surface area contributed by atoms with Crippen LogP contribution < -0.4 is 0 Å². The predicted octanol–water partition coefficient (Wildman–Crippen LogP) is 4.99. The molecule has 3 heteroatoms. The van der Waals surface area contributed by atoms with Crippen LogP contribution in [0.3, 0.4) is 0 Å². The zero-order valence-corrected chi connectivity index (χ0v) is 13.1. The molecule has 0 radical (unpaired) electrons. The van der Waals surface area contributed by atoms with Crippen LogP contribution >= 0.6 is 27.7 Å². The van der Waals surface area contributed by atoms with Gasteiger partial charge < -0.3 is 0 Å². The lowest BCUT2D eigenvalue weighted by Crippen LogP contribution is -2.03. The molecule has 19 heavy (non-hydrogen) atoms. The molecule has 0 saturated heterocycles. The lowest BCUT2D eigenvalue weighted by atomic mass is 10.0. The fraction of sp³-hybridized carbons (Fsp3) is 0.188. The smallest absolute Gasteiger partial charge is 0.167 e. The third-order valence-electron chi connectivity index (χ3n) is 2.74. The average Bonchev–Trinajstić information content (AvgIpc) is 2.40. The molecule has 0 atom stereocenters. The van der Waals surface area contributed by atoms with Crippen molar-refractivity contribution < 1.29 is 4.79 Å². The summed E-state index contributed by atoms with van der Waals surface area (Å²) in [5.41, 5.74) is 1.81. The number of carbonyl (C=O) groups is 1. The van der Waals surface area contributed by atoms with Gasteiger partial charge in [0.1, 0.15) is 0 Å². The maximum absolute atomic E-state index is 12.2. The van der Waals surface area contributed by atoms with Crippen LogP contribution in [-0.4, -0.2) is 11.5 Å². The molecule has 2 aromatic rings. The summed E-state index contributed by atoms with van der Waals surface area (Å²) < 4.78 is 1.01. The summed E-state index contributed by atoms with van der Waals surface area (Å²) >= 11 is 5.21. The van der Waals surface area contributed by atoms with Crippen molar-refractivity contribution in [2.45, 2.75) is 18.2 Å². The molecule has 2 rings (SSSR count). The van der Waals surface area contributed by atoms with Gasteiger partial charge in [-0.05, 0) is 35.6 Å². The highest BCUT2D eigenvalue weighted by molar-refractivity contribution is 9.10. The van der Waals surface area contributed by atoms with E-state index in [1.807, 2.05) is 48.5 Å². The number of Topliss-reactive ketones (excluding diaryl/α,β-unsaturated/α-hetero) is 1. The summed E-state index contributed by atoms with van der Waals surface area (Å²) in [7, 11) is 0. The first kappa shape index (κ1) is 14.4. The van der Waals surface area contributed by atoms with E-state index in [1.165, 1.54) is 4.90 Å². The van der Waals surface area contributed by atoms with E-state index < -0.39 is 0 Å². The molecule has 0 aliphatic carbocycles. The maximum atomic E-state index is 12.2. The van der Waals surface area contributed by atoms with Crippen LogP contribution in [0.1, 0.15) is 22.8 Å². The van der Waals surface area contributed by atoms with Crippen LogP contribution in [0.15, 0.2) is 57.9 Å². The Hall–Kier alpha value is -1.06. The van der Waals surface area contributed by atoms with Gasteiger partial charge in [-0.25, -0.2) is 0 Å². The Morgan fingerprint density at radius 1 is 1.16 bits per heavy atom. The number of benzene rings is 2. The van der Waals surface area contributed by atoms with Crippen molar-refractivity contribution in [1.82, 2.24) is 0 Å². The lowest BCUT2D eigenvalue weighted by Gasteiger charge is -2.04. The summed E-state index contributed by atoms with van der Waals surface area (Å²) in [5, 5.41) is 0. The van der Waals surface area contributed by atoms with Gasteiger partial charge in [0.05, 0.1) is 0 Å². The summed E-state index contributed by atoms with van der Waals surface area (Å²) in [4.78, 5) is 13.4. The van der Waals surface area contributed by atoms with Crippen molar-refractivity contribution in [2.75, 3.05) is 5.75 Å². The molecule has 0 aliphatic rings. The summed E-state index contributed by atoms with van der Waals surface area (Å²) in [6.45, 7) is 2.12. The van der Waals surface area contributed by atoms with Gasteiger partial charge in [-0.3, -0.25) is 4.79 Å². The summed E-state index contributed by atoms with van der Waals surface area (Å²) in [6, 6.07) is 15.7. The molecule has 0 saturated carbocycles.